The largest absolute Gasteiger partial charge is 0.104 e. The molecule has 0 fully saturated rings. The van der Waals surface area contributed by atoms with Crippen LogP contribution in [0.15, 0.2) is 12.2 Å². The lowest BCUT2D eigenvalue weighted by molar-refractivity contribution is 0.608. The van der Waals surface area contributed by atoms with Crippen molar-refractivity contribution < 1.29 is 0 Å². The second-order valence-electron chi connectivity index (χ2n) is 5.01. The molecule has 0 nitrogen and oxygen atoms in total. The predicted octanol–water partition coefficient (Wildman–Crippen LogP) is 1.63. The summed E-state index contributed by atoms with van der Waals surface area (Å²) in [6, 6.07) is 0. The molecule has 0 unspecified atom stereocenters. The minimum absolute atomic E-state index is 0.356. The maximum absolute atomic E-state index is 2.36. The Kier molecular flexibility index (Phi) is 4.74. The van der Waals surface area contributed by atoms with E-state index in [0.29, 0.717) is 5.21 Å². The molecule has 0 aromatic carbocycles. The molecule has 68 valence electrons. The molecule has 12 heavy (non-hydrogen) atoms. The van der Waals surface area contributed by atoms with Crippen molar-refractivity contribution in [3.05, 3.63) is 12.2 Å². The van der Waals surface area contributed by atoms with Crippen LogP contribution in [0.1, 0.15) is 34.1 Å². The molecule has 0 amide bonds. The average molecular weight is 164 g/mol. The first-order chi connectivity index (χ1) is 5.36. The van der Waals surface area contributed by atoms with Gasteiger partial charge in [-0.25, -0.2) is 0 Å². The lowest BCUT2D eigenvalue weighted by Crippen LogP contribution is -2.17. The third-order valence-electron chi connectivity index (χ3n) is 2.64. The Morgan fingerprint density at radius 2 is 1.67 bits per heavy atom. The van der Waals surface area contributed by atoms with Gasteiger partial charge in [0, 0.05) is 0 Å². The van der Waals surface area contributed by atoms with E-state index in [1.165, 1.54) is 6.42 Å². The molecule has 0 bridgehead atoms. The van der Waals surface area contributed by atoms with Crippen LogP contribution >= 0.6 is 0 Å². The van der Waals surface area contributed by atoms with Gasteiger partial charge in [-0.3, -0.25) is 0 Å². The van der Waals surface area contributed by atoms with Crippen molar-refractivity contribution in [2.75, 3.05) is 0 Å². The summed E-state index contributed by atoms with van der Waals surface area (Å²) in [5, 5.41) is 0.356. The number of hydrogen-bond acceptors (Lipinski definition) is 0. The van der Waals surface area contributed by atoms with Crippen molar-refractivity contribution in [2.24, 2.45) is 11.8 Å². The first kappa shape index (κ1) is 11.9. The Bertz CT molecular complexity index is 146. The highest BCUT2D eigenvalue weighted by atomic mass is 14.1. The Labute approximate surface area is 79.6 Å². The highest BCUT2D eigenvalue weighted by molar-refractivity contribution is 6.41. The third-order valence-corrected chi connectivity index (χ3v) is 2.64. The van der Waals surface area contributed by atoms with E-state index < -0.39 is 0 Å². The van der Waals surface area contributed by atoms with Crippen LogP contribution in [0.5, 0.6) is 0 Å². The van der Waals surface area contributed by atoms with E-state index in [2.05, 4.69) is 55.5 Å². The number of hydrogen-bond donors (Lipinski definition) is 0. The maximum atomic E-state index is 2.36. The summed E-state index contributed by atoms with van der Waals surface area (Å²) >= 11 is 0. The Morgan fingerprint density at radius 3 is 2.00 bits per heavy atom. The normalized spacial score (nSPS) is 13.5. The van der Waals surface area contributed by atoms with Gasteiger partial charge in [-0.1, -0.05) is 51.0 Å². The molecule has 0 aromatic rings. The molecule has 0 heterocycles. The van der Waals surface area contributed by atoms with Gasteiger partial charge < -0.3 is 0 Å². The number of allylic oxidation sites excluding steroid dienone is 2. The lowest BCUT2D eigenvalue weighted by Gasteiger charge is -2.25. The van der Waals surface area contributed by atoms with Gasteiger partial charge >= 0.3 is 0 Å². The fraction of sp³-hybridized carbons (Fsp3) is 0.800. The first-order valence-corrected chi connectivity index (χ1v) is 5.04. The third kappa shape index (κ3) is 4.69. The van der Waals surface area contributed by atoms with Crippen LogP contribution in [0.3, 0.4) is 0 Å². The molecule has 0 N–H and O–H groups in total. The van der Waals surface area contributed by atoms with Gasteiger partial charge in [-0.2, -0.15) is 0 Å². The Balaban J connectivity index is 3.96. The molecule has 0 aliphatic heterocycles. The van der Waals surface area contributed by atoms with Gasteiger partial charge in [0.1, 0.15) is 15.7 Å². The van der Waals surface area contributed by atoms with Crippen LogP contribution in [0.4, 0.5) is 0 Å². The van der Waals surface area contributed by atoms with Gasteiger partial charge in [-0.15, -0.1) is 0 Å². The Morgan fingerprint density at radius 1 is 1.17 bits per heavy atom. The topological polar surface area (TPSA) is 0 Å². The van der Waals surface area contributed by atoms with Crippen LogP contribution in [-0.4, -0.2) is 15.7 Å². The molecule has 0 saturated heterocycles. The van der Waals surface area contributed by atoms with Gasteiger partial charge in [0.15, 0.2) is 0 Å². The first-order valence-electron chi connectivity index (χ1n) is 5.04. The highest BCUT2D eigenvalue weighted by Crippen LogP contribution is 2.28. The summed E-state index contributed by atoms with van der Waals surface area (Å²) in [5.74, 6) is 1.50. The minimum Gasteiger partial charge on any atom is -0.0977 e. The molecule has 0 aliphatic rings. The van der Waals surface area contributed by atoms with Crippen molar-refractivity contribution in [1.29, 1.82) is 0 Å². The van der Waals surface area contributed by atoms with Crippen molar-refractivity contribution in [3.63, 3.8) is 0 Å². The summed E-state index contributed by atoms with van der Waals surface area (Å²) < 4.78 is 0. The highest BCUT2D eigenvalue weighted by Gasteiger charge is 2.17. The van der Waals surface area contributed by atoms with E-state index in [0.717, 1.165) is 11.8 Å². The van der Waals surface area contributed by atoms with Gasteiger partial charge in [0.05, 0.1) is 0 Å². The molecular formula is C10H22B2. The molecule has 0 atom stereocenters. The minimum atomic E-state index is 0.356. The smallest absolute Gasteiger partial charge is 0.0977 e. The van der Waals surface area contributed by atoms with Crippen LogP contribution in [0.25, 0.3) is 0 Å². The van der Waals surface area contributed by atoms with E-state index in [9.17, 15) is 0 Å². The van der Waals surface area contributed by atoms with Crippen LogP contribution in [0.2, 0.25) is 5.21 Å². The standard InChI is InChI=1S/C10H22B2/c1-8(2)6-5-7-10(11,12)9(3)4/h5,7-9H,6,11-12H2,1-4H3/b7-5+. The molecule has 0 radical (unpaired) electrons. The lowest BCUT2D eigenvalue weighted by atomic mass is 9.49. The van der Waals surface area contributed by atoms with E-state index in [1.54, 1.807) is 0 Å². The Hall–Kier alpha value is -0.130. The quantitative estimate of drug-likeness (QED) is 0.437. The van der Waals surface area contributed by atoms with Crippen molar-refractivity contribution in [2.45, 2.75) is 39.3 Å². The second-order valence-corrected chi connectivity index (χ2v) is 5.01. The van der Waals surface area contributed by atoms with Gasteiger partial charge in [0.2, 0.25) is 0 Å². The van der Waals surface area contributed by atoms with Crippen LogP contribution in [-0.2, 0) is 0 Å². The fourth-order valence-corrected chi connectivity index (χ4v) is 0.836. The van der Waals surface area contributed by atoms with Gasteiger partial charge in [0.25, 0.3) is 0 Å². The van der Waals surface area contributed by atoms with Gasteiger partial charge in [-0.05, 0) is 12.3 Å². The second kappa shape index (κ2) is 4.79. The summed E-state index contributed by atoms with van der Waals surface area (Å²) in [6.45, 7) is 9.07. The van der Waals surface area contributed by atoms with E-state index in [4.69, 9.17) is 0 Å². The summed E-state index contributed by atoms with van der Waals surface area (Å²) in [4.78, 5) is 0. The van der Waals surface area contributed by atoms with Crippen molar-refractivity contribution in [3.8, 4) is 0 Å². The molecular weight excluding hydrogens is 142 g/mol. The van der Waals surface area contributed by atoms with Crippen molar-refractivity contribution in [1.82, 2.24) is 0 Å². The summed E-state index contributed by atoms with van der Waals surface area (Å²) in [5.41, 5.74) is 0. The monoisotopic (exact) mass is 164 g/mol. The molecule has 0 aromatic heterocycles. The van der Waals surface area contributed by atoms with E-state index in [-0.39, 0.29) is 0 Å². The molecule has 2 heteroatoms. The zero-order chi connectivity index (χ0) is 9.78. The maximum Gasteiger partial charge on any atom is 0.104 e. The van der Waals surface area contributed by atoms with E-state index in [1.807, 2.05) is 0 Å². The predicted molar refractivity (Wildman–Crippen MR) is 63.2 cm³/mol. The zero-order valence-electron chi connectivity index (χ0n) is 9.52. The fourth-order valence-electron chi connectivity index (χ4n) is 0.836. The zero-order valence-corrected chi connectivity index (χ0v) is 9.52. The molecule has 0 aliphatic carbocycles. The molecule has 0 saturated carbocycles. The SMILES string of the molecule is BC(B)(/C=C/CC(C)C)C(C)C. The molecule has 0 spiro atoms. The summed E-state index contributed by atoms with van der Waals surface area (Å²) in [6.07, 6.45) is 5.89. The van der Waals surface area contributed by atoms with Crippen LogP contribution < -0.4 is 0 Å². The average Bonchev–Trinajstić information content (AvgIpc) is 1.85. The summed E-state index contributed by atoms with van der Waals surface area (Å²) in [7, 11) is 4.60. The molecule has 0 rings (SSSR count). The van der Waals surface area contributed by atoms with Crippen LogP contribution in [0, 0.1) is 11.8 Å². The number of rotatable bonds is 4. The van der Waals surface area contributed by atoms with Crippen molar-refractivity contribution >= 4 is 15.7 Å². The van der Waals surface area contributed by atoms with E-state index >= 15 is 0 Å².